The molecule has 0 bridgehead atoms. The molecule has 1 saturated carbocycles. The van der Waals surface area contributed by atoms with E-state index in [1.165, 1.54) is 18.6 Å². The molecule has 0 aliphatic heterocycles. The van der Waals surface area contributed by atoms with Crippen LogP contribution in [0.2, 0.25) is 5.02 Å². The van der Waals surface area contributed by atoms with E-state index in [0.29, 0.717) is 10.8 Å². The van der Waals surface area contributed by atoms with Crippen molar-refractivity contribution in [2.75, 3.05) is 0 Å². The Morgan fingerprint density at radius 2 is 2.20 bits per heavy atom. The predicted molar refractivity (Wildman–Crippen MR) is 56.7 cm³/mol. The lowest BCUT2D eigenvalue weighted by Gasteiger charge is -2.26. The van der Waals surface area contributed by atoms with Crippen LogP contribution in [0.3, 0.4) is 0 Å². The van der Waals surface area contributed by atoms with Gasteiger partial charge < -0.3 is 9.84 Å². The van der Waals surface area contributed by atoms with Crippen LogP contribution in [-0.4, -0.2) is 17.2 Å². The van der Waals surface area contributed by atoms with Crippen LogP contribution >= 0.6 is 11.6 Å². The van der Waals surface area contributed by atoms with Crippen molar-refractivity contribution in [1.29, 1.82) is 0 Å². The number of carboxylic acids is 1. The first-order valence-corrected chi connectivity index (χ1v) is 5.24. The average Bonchev–Trinajstić information content (AvgIpc) is 2.12. The average molecular weight is 227 g/mol. The minimum atomic E-state index is -0.980. The van der Waals surface area contributed by atoms with Crippen molar-refractivity contribution >= 4 is 17.6 Å². The Kier molecular flexibility index (Phi) is 2.82. The maximum atomic E-state index is 10.7. The van der Waals surface area contributed by atoms with Crippen LogP contribution in [0.5, 0.6) is 5.75 Å². The molecule has 3 nitrogen and oxygen atoms in total. The number of aromatic carboxylic acids is 1. The van der Waals surface area contributed by atoms with Crippen LogP contribution < -0.4 is 4.74 Å². The third-order valence-electron chi connectivity index (χ3n) is 2.52. The van der Waals surface area contributed by atoms with E-state index in [1.54, 1.807) is 6.07 Å². The molecule has 0 unspecified atom stereocenters. The summed E-state index contributed by atoms with van der Waals surface area (Å²) in [5.41, 5.74) is 0.181. The molecule has 15 heavy (non-hydrogen) atoms. The Hall–Kier alpha value is -1.22. The van der Waals surface area contributed by atoms with Crippen molar-refractivity contribution in [1.82, 2.24) is 0 Å². The van der Waals surface area contributed by atoms with Gasteiger partial charge in [0.2, 0.25) is 0 Å². The van der Waals surface area contributed by atoms with Crippen LogP contribution in [0.15, 0.2) is 18.2 Å². The molecule has 0 heterocycles. The van der Waals surface area contributed by atoms with Gasteiger partial charge in [-0.25, -0.2) is 4.79 Å². The summed E-state index contributed by atoms with van der Waals surface area (Å²) < 4.78 is 5.59. The molecule has 1 aromatic rings. The summed E-state index contributed by atoms with van der Waals surface area (Å²) in [6, 6.07) is 4.53. The van der Waals surface area contributed by atoms with Gasteiger partial charge in [-0.05, 0) is 37.5 Å². The van der Waals surface area contributed by atoms with Gasteiger partial charge in [0.15, 0.2) is 0 Å². The van der Waals surface area contributed by atoms with E-state index >= 15 is 0 Å². The van der Waals surface area contributed by atoms with E-state index in [2.05, 4.69) is 0 Å². The molecule has 0 radical (unpaired) electrons. The van der Waals surface area contributed by atoms with Gasteiger partial charge in [0.1, 0.15) is 5.75 Å². The summed E-state index contributed by atoms with van der Waals surface area (Å²) in [5, 5.41) is 9.10. The summed E-state index contributed by atoms with van der Waals surface area (Å²) in [6.45, 7) is 0. The summed E-state index contributed by atoms with van der Waals surface area (Å²) in [5.74, 6) is -0.404. The first-order chi connectivity index (χ1) is 7.16. The monoisotopic (exact) mass is 226 g/mol. The zero-order valence-electron chi connectivity index (χ0n) is 8.07. The van der Waals surface area contributed by atoms with Gasteiger partial charge in [0.05, 0.1) is 16.7 Å². The molecule has 1 aliphatic carbocycles. The van der Waals surface area contributed by atoms with Crippen molar-refractivity contribution in [3.05, 3.63) is 28.8 Å². The maximum absolute atomic E-state index is 10.7. The number of ether oxygens (including phenoxy) is 1. The molecule has 0 spiro atoms. The van der Waals surface area contributed by atoms with E-state index < -0.39 is 5.97 Å². The second-order valence-corrected chi connectivity index (χ2v) is 4.03. The highest BCUT2D eigenvalue weighted by Crippen LogP contribution is 2.31. The van der Waals surface area contributed by atoms with Crippen molar-refractivity contribution in [3.8, 4) is 5.75 Å². The molecular formula is C11H11ClO3. The van der Waals surface area contributed by atoms with E-state index in [-0.39, 0.29) is 11.7 Å². The van der Waals surface area contributed by atoms with E-state index in [0.717, 1.165) is 12.8 Å². The molecule has 1 aliphatic rings. The number of halogens is 1. The van der Waals surface area contributed by atoms with E-state index in [1.807, 2.05) is 0 Å². The van der Waals surface area contributed by atoms with Gasteiger partial charge in [0, 0.05) is 0 Å². The molecule has 2 rings (SSSR count). The molecule has 0 amide bonds. The minimum absolute atomic E-state index is 0.181. The third-order valence-corrected chi connectivity index (χ3v) is 2.82. The zero-order valence-corrected chi connectivity index (χ0v) is 8.83. The van der Waals surface area contributed by atoms with Gasteiger partial charge in [-0.15, -0.1) is 0 Å². The standard InChI is InChI=1S/C11H11ClO3/c12-9-6-7(11(13)14)4-5-10(9)15-8-2-1-3-8/h4-6,8H,1-3H2,(H,13,14). The van der Waals surface area contributed by atoms with Crippen molar-refractivity contribution in [2.24, 2.45) is 0 Å². The van der Waals surface area contributed by atoms with Crippen LogP contribution in [0.4, 0.5) is 0 Å². The molecule has 1 aromatic carbocycles. The Bertz CT molecular complexity index is 385. The van der Waals surface area contributed by atoms with Crippen LogP contribution in [0.25, 0.3) is 0 Å². The highest BCUT2D eigenvalue weighted by molar-refractivity contribution is 6.32. The number of carboxylic acid groups (broad SMARTS) is 1. The fourth-order valence-corrected chi connectivity index (χ4v) is 1.62. The Morgan fingerprint density at radius 3 is 2.67 bits per heavy atom. The smallest absolute Gasteiger partial charge is 0.335 e. The van der Waals surface area contributed by atoms with Crippen LogP contribution in [-0.2, 0) is 0 Å². The Balaban J connectivity index is 2.14. The molecule has 1 fully saturated rings. The molecule has 0 atom stereocenters. The lowest BCUT2D eigenvalue weighted by Crippen LogP contribution is -2.24. The van der Waals surface area contributed by atoms with E-state index in [9.17, 15) is 4.79 Å². The molecule has 4 heteroatoms. The first kappa shape index (κ1) is 10.3. The second-order valence-electron chi connectivity index (χ2n) is 3.62. The lowest BCUT2D eigenvalue weighted by molar-refractivity contribution is 0.0696. The van der Waals surface area contributed by atoms with Gasteiger partial charge in [-0.1, -0.05) is 11.6 Å². The number of carbonyl (C=O) groups is 1. The summed E-state index contributed by atoms with van der Waals surface area (Å²) in [4.78, 5) is 10.7. The number of benzene rings is 1. The largest absolute Gasteiger partial charge is 0.489 e. The van der Waals surface area contributed by atoms with Gasteiger partial charge in [0.25, 0.3) is 0 Å². The van der Waals surface area contributed by atoms with Crippen molar-refractivity contribution in [3.63, 3.8) is 0 Å². The highest BCUT2D eigenvalue weighted by Gasteiger charge is 2.20. The SMILES string of the molecule is O=C(O)c1ccc(OC2CCC2)c(Cl)c1. The summed E-state index contributed by atoms with van der Waals surface area (Å²) in [6.07, 6.45) is 3.54. The lowest BCUT2D eigenvalue weighted by atomic mass is 9.96. The minimum Gasteiger partial charge on any atom is -0.489 e. The fourth-order valence-electron chi connectivity index (χ4n) is 1.40. The number of rotatable bonds is 3. The fraction of sp³-hybridized carbons (Fsp3) is 0.364. The van der Waals surface area contributed by atoms with Crippen LogP contribution in [0.1, 0.15) is 29.6 Å². The van der Waals surface area contributed by atoms with Crippen molar-refractivity contribution in [2.45, 2.75) is 25.4 Å². The van der Waals surface area contributed by atoms with E-state index in [4.69, 9.17) is 21.4 Å². The molecule has 0 saturated heterocycles. The second kappa shape index (κ2) is 4.11. The summed E-state index contributed by atoms with van der Waals surface area (Å²) >= 11 is 5.91. The topological polar surface area (TPSA) is 46.5 Å². The first-order valence-electron chi connectivity index (χ1n) is 4.86. The normalized spacial score (nSPS) is 15.8. The maximum Gasteiger partial charge on any atom is 0.335 e. The van der Waals surface area contributed by atoms with Gasteiger partial charge in [-0.2, -0.15) is 0 Å². The number of hydrogen-bond donors (Lipinski definition) is 1. The van der Waals surface area contributed by atoms with Gasteiger partial charge >= 0.3 is 5.97 Å². The number of hydrogen-bond acceptors (Lipinski definition) is 2. The molecule has 0 aromatic heterocycles. The van der Waals surface area contributed by atoms with Gasteiger partial charge in [-0.3, -0.25) is 0 Å². The van der Waals surface area contributed by atoms with Crippen LogP contribution in [0, 0.1) is 0 Å². The summed E-state index contributed by atoms with van der Waals surface area (Å²) in [7, 11) is 0. The highest BCUT2D eigenvalue weighted by atomic mass is 35.5. The Morgan fingerprint density at radius 1 is 1.47 bits per heavy atom. The molecular weight excluding hydrogens is 216 g/mol. The third kappa shape index (κ3) is 2.23. The zero-order chi connectivity index (χ0) is 10.8. The molecule has 80 valence electrons. The molecule has 1 N–H and O–H groups in total. The quantitative estimate of drug-likeness (QED) is 0.862. The Labute approximate surface area is 92.6 Å². The predicted octanol–water partition coefficient (Wildman–Crippen LogP) is 2.97. The van der Waals surface area contributed by atoms with Crippen molar-refractivity contribution < 1.29 is 14.6 Å².